The first-order valence-corrected chi connectivity index (χ1v) is 8.09. The van der Waals surface area contributed by atoms with Gasteiger partial charge in [0.1, 0.15) is 5.65 Å². The highest BCUT2D eigenvalue weighted by Crippen LogP contribution is 2.34. The summed E-state index contributed by atoms with van der Waals surface area (Å²) in [6.07, 6.45) is 5.11. The van der Waals surface area contributed by atoms with Crippen LogP contribution in [0.2, 0.25) is 0 Å². The molecule has 3 rings (SSSR count). The first-order valence-electron chi connectivity index (χ1n) is 8.09. The van der Waals surface area contributed by atoms with Gasteiger partial charge in [-0.05, 0) is 24.5 Å². The minimum Gasteiger partial charge on any atom is -0.394 e. The lowest BCUT2D eigenvalue weighted by Gasteiger charge is -2.20. The molecule has 25 heavy (non-hydrogen) atoms. The number of aliphatic hydroxyl groups is 1. The van der Waals surface area contributed by atoms with Crippen LogP contribution in [0.25, 0.3) is 27.1 Å². The van der Waals surface area contributed by atoms with Crippen LogP contribution in [0.3, 0.4) is 0 Å². The van der Waals surface area contributed by atoms with Crippen molar-refractivity contribution >= 4 is 22.7 Å². The lowest BCUT2D eigenvalue weighted by Crippen LogP contribution is -2.30. The van der Waals surface area contributed by atoms with E-state index in [1.807, 2.05) is 33.0 Å². The summed E-state index contributed by atoms with van der Waals surface area (Å²) in [5.41, 5.74) is 3.52. The van der Waals surface area contributed by atoms with E-state index >= 15 is 0 Å². The number of fused-ring (bicyclic) bond motifs is 1. The predicted octanol–water partition coefficient (Wildman–Crippen LogP) is 3.31. The molecule has 0 aliphatic rings. The molecule has 3 aromatic heterocycles. The fourth-order valence-electron chi connectivity index (χ4n) is 2.62. The lowest BCUT2D eigenvalue weighted by atomic mass is 10.1. The number of hydrogen-bond acceptors (Lipinski definition) is 5. The van der Waals surface area contributed by atoms with Crippen molar-refractivity contribution in [1.82, 2.24) is 19.9 Å². The fourth-order valence-corrected chi connectivity index (χ4v) is 2.62. The highest BCUT2D eigenvalue weighted by molar-refractivity contribution is 5.96. The predicted molar refractivity (Wildman–Crippen MR) is 97.5 cm³/mol. The Balaban J connectivity index is 2.09. The van der Waals surface area contributed by atoms with Crippen molar-refractivity contribution in [3.63, 3.8) is 0 Å². The van der Waals surface area contributed by atoms with Gasteiger partial charge < -0.3 is 15.4 Å². The topological polar surface area (TPSA) is 91.1 Å². The number of anilines is 1. The number of aliphatic hydroxyl groups excluding tert-OH is 1. The van der Waals surface area contributed by atoms with Crippen LogP contribution in [0.1, 0.15) is 19.4 Å². The smallest absolute Gasteiger partial charge is 0.231 e. The van der Waals surface area contributed by atoms with E-state index < -0.39 is 0 Å². The van der Waals surface area contributed by atoms with Crippen LogP contribution < -0.4 is 5.32 Å². The van der Waals surface area contributed by atoms with Gasteiger partial charge in [-0.1, -0.05) is 13.8 Å². The second-order valence-corrected chi connectivity index (χ2v) is 6.33. The monoisotopic (exact) mass is 336 g/mol. The van der Waals surface area contributed by atoms with E-state index in [9.17, 15) is 5.11 Å². The van der Waals surface area contributed by atoms with Gasteiger partial charge in [-0.15, -0.1) is 0 Å². The zero-order valence-electron chi connectivity index (χ0n) is 14.4. The van der Waals surface area contributed by atoms with Gasteiger partial charge in [0.15, 0.2) is 0 Å². The van der Waals surface area contributed by atoms with Crippen molar-refractivity contribution in [1.29, 1.82) is 0 Å². The lowest BCUT2D eigenvalue weighted by molar-refractivity contribution is 0.248. The zero-order valence-corrected chi connectivity index (χ0v) is 14.4. The third-order valence-corrected chi connectivity index (χ3v) is 4.13. The summed E-state index contributed by atoms with van der Waals surface area (Å²) in [4.78, 5) is 19.8. The van der Waals surface area contributed by atoms with Crippen molar-refractivity contribution in [3.05, 3.63) is 41.6 Å². The molecule has 1 atom stereocenters. The molecule has 0 aliphatic carbocycles. The number of aromatic amines is 1. The van der Waals surface area contributed by atoms with Crippen molar-refractivity contribution in [2.75, 3.05) is 11.9 Å². The van der Waals surface area contributed by atoms with Gasteiger partial charge in [-0.2, -0.15) is 0 Å². The van der Waals surface area contributed by atoms with E-state index in [1.165, 1.54) is 6.20 Å². The van der Waals surface area contributed by atoms with Crippen molar-refractivity contribution < 1.29 is 5.11 Å². The van der Waals surface area contributed by atoms with E-state index in [0.717, 1.165) is 22.2 Å². The number of nitrogens with one attached hydrogen (secondary N) is 2. The van der Waals surface area contributed by atoms with Crippen LogP contribution >= 0.6 is 0 Å². The Labute approximate surface area is 146 Å². The van der Waals surface area contributed by atoms with Gasteiger partial charge in [-0.25, -0.2) is 19.8 Å². The maximum atomic E-state index is 9.50. The Kier molecular flexibility index (Phi) is 4.63. The van der Waals surface area contributed by atoms with Crippen molar-refractivity contribution in [2.45, 2.75) is 26.8 Å². The first-order chi connectivity index (χ1) is 12.0. The minimum absolute atomic E-state index is 0.0167. The molecular formula is C18H20N6O. The first kappa shape index (κ1) is 16.9. The molecule has 0 saturated carbocycles. The molecule has 7 heteroatoms. The highest BCUT2D eigenvalue weighted by Gasteiger charge is 2.17. The molecule has 0 radical (unpaired) electrons. The van der Waals surface area contributed by atoms with Crippen LogP contribution in [0.5, 0.6) is 0 Å². The molecule has 0 unspecified atom stereocenters. The Bertz CT molecular complexity index is 940. The van der Waals surface area contributed by atoms with Gasteiger partial charge in [0.25, 0.3) is 0 Å². The summed E-state index contributed by atoms with van der Waals surface area (Å²) in [6, 6.07) is 1.86. The fraction of sp³-hybridized carbons (Fsp3) is 0.333. The summed E-state index contributed by atoms with van der Waals surface area (Å²) in [5.74, 6) is 0.614. The molecule has 3 heterocycles. The molecule has 0 fully saturated rings. The molecule has 0 spiro atoms. The number of aromatic nitrogens is 4. The molecular weight excluding hydrogens is 316 g/mol. The maximum absolute atomic E-state index is 9.50. The Hall–Kier alpha value is -2.98. The Morgan fingerprint density at radius 3 is 2.80 bits per heavy atom. The third kappa shape index (κ3) is 3.30. The molecule has 0 aromatic carbocycles. The van der Waals surface area contributed by atoms with Crippen LogP contribution in [-0.2, 0) is 0 Å². The quantitative estimate of drug-likeness (QED) is 0.622. The summed E-state index contributed by atoms with van der Waals surface area (Å²) in [7, 11) is 0. The van der Waals surface area contributed by atoms with Gasteiger partial charge >= 0.3 is 0 Å². The van der Waals surface area contributed by atoms with Crippen molar-refractivity contribution in [3.8, 4) is 11.3 Å². The van der Waals surface area contributed by atoms with Gasteiger partial charge in [0.05, 0.1) is 24.9 Å². The van der Waals surface area contributed by atoms with Crippen molar-refractivity contribution in [2.24, 2.45) is 5.92 Å². The molecule has 128 valence electrons. The molecule has 3 N–H and O–H groups in total. The van der Waals surface area contributed by atoms with Gasteiger partial charge in [0.2, 0.25) is 11.6 Å². The summed E-state index contributed by atoms with van der Waals surface area (Å²) >= 11 is 0. The largest absolute Gasteiger partial charge is 0.394 e. The number of aryl methyl sites for hydroxylation is 1. The summed E-state index contributed by atoms with van der Waals surface area (Å²) in [6.45, 7) is 13.4. The van der Waals surface area contributed by atoms with E-state index in [2.05, 4.69) is 30.1 Å². The van der Waals surface area contributed by atoms with E-state index in [0.29, 0.717) is 17.3 Å². The number of H-pyrrole nitrogens is 1. The standard InChI is InChI=1S/C18H20N6O/c1-10(2)15(9-25)23-18-22-8-14(19-4)16(24-18)13-7-21-17-12(13)5-11(3)6-20-17/h5-8,10,15,25H,9H2,1-3H3,(H,20,21)(H,22,23,24)/t15-/m0/s1. The number of hydrogen-bond donors (Lipinski definition) is 3. The van der Waals surface area contributed by atoms with Crippen LogP contribution in [0.15, 0.2) is 24.7 Å². The third-order valence-electron chi connectivity index (χ3n) is 4.13. The second kappa shape index (κ2) is 6.87. The number of pyridine rings is 1. The van der Waals surface area contributed by atoms with Crippen LogP contribution in [-0.4, -0.2) is 37.7 Å². The minimum atomic E-state index is -0.154. The van der Waals surface area contributed by atoms with E-state index in [1.54, 1.807) is 6.20 Å². The molecule has 0 amide bonds. The Morgan fingerprint density at radius 1 is 1.32 bits per heavy atom. The average molecular weight is 336 g/mol. The number of rotatable bonds is 5. The van der Waals surface area contributed by atoms with E-state index in [4.69, 9.17) is 6.57 Å². The molecule has 7 nitrogen and oxygen atoms in total. The highest BCUT2D eigenvalue weighted by atomic mass is 16.3. The summed E-state index contributed by atoms with van der Waals surface area (Å²) < 4.78 is 0. The average Bonchev–Trinajstić information content (AvgIpc) is 3.02. The summed E-state index contributed by atoms with van der Waals surface area (Å²) in [5, 5.41) is 13.6. The molecule has 0 bridgehead atoms. The number of nitrogens with zero attached hydrogens (tertiary/aromatic N) is 4. The maximum Gasteiger partial charge on any atom is 0.231 e. The van der Waals surface area contributed by atoms with Crippen LogP contribution in [0.4, 0.5) is 11.6 Å². The molecule has 3 aromatic rings. The second-order valence-electron chi connectivity index (χ2n) is 6.33. The molecule has 0 aliphatic heterocycles. The molecule has 0 saturated heterocycles. The van der Waals surface area contributed by atoms with E-state index in [-0.39, 0.29) is 18.6 Å². The normalized spacial score (nSPS) is 12.3. The van der Waals surface area contributed by atoms with Gasteiger partial charge in [-0.3, -0.25) is 0 Å². The van der Waals surface area contributed by atoms with Gasteiger partial charge in [0, 0.05) is 29.5 Å². The van der Waals surface area contributed by atoms with Crippen LogP contribution in [0, 0.1) is 19.4 Å². The zero-order chi connectivity index (χ0) is 18.0. The SMILES string of the molecule is [C-]#[N+]c1cnc(N[C@@H](CO)C(C)C)nc1-c1c[nH]c2ncc(C)cc12. The Morgan fingerprint density at radius 2 is 2.12 bits per heavy atom.